The first-order chi connectivity index (χ1) is 14.6. The van der Waals surface area contributed by atoms with Crippen molar-refractivity contribution in [3.8, 4) is 0 Å². The van der Waals surface area contributed by atoms with Crippen LogP contribution in [0.2, 0.25) is 0 Å². The van der Waals surface area contributed by atoms with Gasteiger partial charge < -0.3 is 4.90 Å². The summed E-state index contributed by atoms with van der Waals surface area (Å²) >= 11 is 0. The third-order valence-electron chi connectivity index (χ3n) is 5.90. The molecule has 9 heteroatoms. The molecule has 0 spiro atoms. The van der Waals surface area contributed by atoms with Gasteiger partial charge in [0.15, 0.2) is 0 Å². The van der Waals surface area contributed by atoms with Crippen LogP contribution in [0, 0.1) is 13.8 Å². The van der Waals surface area contributed by atoms with Gasteiger partial charge in [-0.2, -0.15) is 4.31 Å². The molecule has 0 bridgehead atoms. The molecular weight excluding hydrogens is 434 g/mol. The maximum atomic E-state index is 13.1. The molecule has 170 valence electrons. The molecule has 0 unspecified atom stereocenters. The third-order valence-corrected chi connectivity index (χ3v) is 9.41. The standard InChI is InChI=1S/C22H31N3O4S2/c1-5-18(3)23-30(26,27)20-9-11-21(12-10-20)31(28,29)25-15-13-24(14-16-25)22-8-6-7-17(2)19(22)4/h6-12,18,23H,5,13-16H2,1-4H3/t18-/m1/s1. The van der Waals surface area contributed by atoms with Crippen LogP contribution < -0.4 is 9.62 Å². The lowest BCUT2D eigenvalue weighted by molar-refractivity contribution is 0.384. The zero-order valence-corrected chi connectivity index (χ0v) is 20.1. The van der Waals surface area contributed by atoms with E-state index in [0.717, 1.165) is 5.69 Å². The highest BCUT2D eigenvalue weighted by atomic mass is 32.2. The molecule has 7 nitrogen and oxygen atoms in total. The van der Waals surface area contributed by atoms with Crippen LogP contribution in [0.3, 0.4) is 0 Å². The van der Waals surface area contributed by atoms with Crippen molar-refractivity contribution in [2.45, 2.75) is 49.9 Å². The van der Waals surface area contributed by atoms with Crippen molar-refractivity contribution in [2.24, 2.45) is 0 Å². The van der Waals surface area contributed by atoms with Crippen molar-refractivity contribution in [3.63, 3.8) is 0 Å². The van der Waals surface area contributed by atoms with Crippen molar-refractivity contribution in [1.82, 2.24) is 9.03 Å². The second-order valence-electron chi connectivity index (χ2n) is 8.01. The molecule has 1 saturated heterocycles. The fourth-order valence-corrected chi connectivity index (χ4v) is 6.35. The molecule has 2 aromatic rings. The van der Waals surface area contributed by atoms with Gasteiger partial charge in [-0.1, -0.05) is 19.1 Å². The largest absolute Gasteiger partial charge is 0.369 e. The van der Waals surface area contributed by atoms with E-state index in [1.807, 2.05) is 13.0 Å². The van der Waals surface area contributed by atoms with Gasteiger partial charge >= 0.3 is 0 Å². The minimum absolute atomic E-state index is 0.0616. The summed E-state index contributed by atoms with van der Waals surface area (Å²) < 4.78 is 55.0. The molecule has 1 aliphatic heterocycles. The van der Waals surface area contributed by atoms with Crippen molar-refractivity contribution in [2.75, 3.05) is 31.1 Å². The number of nitrogens with zero attached hydrogens (tertiary/aromatic N) is 2. The van der Waals surface area contributed by atoms with E-state index in [1.165, 1.54) is 39.7 Å². The first kappa shape index (κ1) is 23.7. The molecule has 0 aliphatic carbocycles. The van der Waals surface area contributed by atoms with E-state index in [9.17, 15) is 16.8 Å². The van der Waals surface area contributed by atoms with Crippen LogP contribution in [0.1, 0.15) is 31.4 Å². The lowest BCUT2D eigenvalue weighted by Crippen LogP contribution is -2.48. The van der Waals surface area contributed by atoms with Gasteiger partial charge in [-0.25, -0.2) is 21.6 Å². The molecular formula is C22H31N3O4S2. The number of nitrogens with one attached hydrogen (secondary N) is 1. The van der Waals surface area contributed by atoms with Gasteiger partial charge in [-0.15, -0.1) is 0 Å². The van der Waals surface area contributed by atoms with Crippen LogP contribution in [-0.4, -0.2) is 53.4 Å². The van der Waals surface area contributed by atoms with E-state index in [1.54, 1.807) is 6.92 Å². The first-order valence-electron chi connectivity index (χ1n) is 10.5. The first-order valence-corrected chi connectivity index (χ1v) is 13.4. The molecule has 3 rings (SSSR count). The van der Waals surface area contributed by atoms with E-state index < -0.39 is 20.0 Å². The van der Waals surface area contributed by atoms with Gasteiger partial charge in [0.2, 0.25) is 20.0 Å². The molecule has 2 aromatic carbocycles. The van der Waals surface area contributed by atoms with Crippen LogP contribution in [0.25, 0.3) is 0 Å². The molecule has 0 amide bonds. The predicted octanol–water partition coefficient (Wildman–Crippen LogP) is 2.89. The SMILES string of the molecule is CC[C@@H](C)NS(=O)(=O)c1ccc(S(=O)(=O)N2CCN(c3cccc(C)c3C)CC2)cc1. The monoisotopic (exact) mass is 465 g/mol. The number of sulfonamides is 2. The summed E-state index contributed by atoms with van der Waals surface area (Å²) in [5, 5.41) is 0. The number of rotatable bonds is 7. The van der Waals surface area contributed by atoms with Crippen LogP contribution in [0.5, 0.6) is 0 Å². The van der Waals surface area contributed by atoms with E-state index in [0.29, 0.717) is 32.6 Å². The fraction of sp³-hybridized carbons (Fsp3) is 0.455. The maximum absolute atomic E-state index is 13.1. The predicted molar refractivity (Wildman–Crippen MR) is 123 cm³/mol. The van der Waals surface area contributed by atoms with Gasteiger partial charge in [0.25, 0.3) is 0 Å². The van der Waals surface area contributed by atoms with Crippen LogP contribution in [0.4, 0.5) is 5.69 Å². The third kappa shape index (κ3) is 5.11. The Labute approximate surface area is 186 Å². The highest BCUT2D eigenvalue weighted by Gasteiger charge is 2.29. The van der Waals surface area contributed by atoms with Gasteiger partial charge in [0.05, 0.1) is 9.79 Å². The number of aryl methyl sites for hydroxylation is 1. The number of hydrogen-bond acceptors (Lipinski definition) is 5. The van der Waals surface area contributed by atoms with Crippen molar-refractivity contribution < 1.29 is 16.8 Å². The van der Waals surface area contributed by atoms with E-state index in [-0.39, 0.29) is 15.8 Å². The average molecular weight is 466 g/mol. The topological polar surface area (TPSA) is 86.8 Å². The van der Waals surface area contributed by atoms with Gasteiger partial charge in [-0.05, 0) is 68.7 Å². The van der Waals surface area contributed by atoms with Crippen molar-refractivity contribution in [3.05, 3.63) is 53.6 Å². The second-order valence-corrected chi connectivity index (χ2v) is 11.7. The zero-order valence-electron chi connectivity index (χ0n) is 18.5. The van der Waals surface area contributed by atoms with Crippen molar-refractivity contribution in [1.29, 1.82) is 0 Å². The fourth-order valence-electron chi connectivity index (χ4n) is 3.60. The van der Waals surface area contributed by atoms with E-state index >= 15 is 0 Å². The minimum atomic E-state index is -3.68. The number of piperazine rings is 1. The van der Waals surface area contributed by atoms with Crippen LogP contribution >= 0.6 is 0 Å². The Bertz CT molecular complexity index is 1120. The molecule has 1 N–H and O–H groups in total. The molecule has 31 heavy (non-hydrogen) atoms. The van der Waals surface area contributed by atoms with E-state index in [2.05, 4.69) is 35.6 Å². The molecule has 1 fully saturated rings. The Hall–Kier alpha value is -1.94. The van der Waals surface area contributed by atoms with Gasteiger partial charge in [-0.3, -0.25) is 0 Å². The van der Waals surface area contributed by atoms with Gasteiger partial charge in [0, 0.05) is 37.9 Å². The normalized spacial score (nSPS) is 17.0. The average Bonchev–Trinajstić information content (AvgIpc) is 2.75. The Morgan fingerprint density at radius 3 is 2.06 bits per heavy atom. The number of anilines is 1. The number of hydrogen-bond donors (Lipinski definition) is 1. The zero-order chi connectivity index (χ0) is 22.8. The summed E-state index contributed by atoms with van der Waals surface area (Å²) in [6.07, 6.45) is 0.666. The maximum Gasteiger partial charge on any atom is 0.243 e. The molecule has 1 heterocycles. The van der Waals surface area contributed by atoms with Gasteiger partial charge in [0.1, 0.15) is 0 Å². The van der Waals surface area contributed by atoms with Crippen LogP contribution in [-0.2, 0) is 20.0 Å². The molecule has 1 atom stereocenters. The lowest BCUT2D eigenvalue weighted by atomic mass is 10.1. The highest BCUT2D eigenvalue weighted by Crippen LogP contribution is 2.26. The second kappa shape index (κ2) is 9.28. The quantitative estimate of drug-likeness (QED) is 0.679. The highest BCUT2D eigenvalue weighted by molar-refractivity contribution is 7.89. The summed E-state index contributed by atoms with van der Waals surface area (Å²) in [5.74, 6) is 0. The van der Waals surface area contributed by atoms with Crippen molar-refractivity contribution >= 4 is 25.7 Å². The Morgan fingerprint density at radius 2 is 1.48 bits per heavy atom. The Kier molecular flexibility index (Phi) is 7.10. The summed E-state index contributed by atoms with van der Waals surface area (Å²) in [7, 11) is -7.35. The van der Waals surface area contributed by atoms with E-state index in [4.69, 9.17) is 0 Å². The Morgan fingerprint density at radius 1 is 0.903 bits per heavy atom. The smallest absolute Gasteiger partial charge is 0.243 e. The molecule has 0 aromatic heterocycles. The lowest BCUT2D eigenvalue weighted by Gasteiger charge is -2.36. The summed E-state index contributed by atoms with van der Waals surface area (Å²) in [6, 6.07) is 11.4. The molecule has 1 aliphatic rings. The molecule has 0 radical (unpaired) electrons. The molecule has 0 saturated carbocycles. The minimum Gasteiger partial charge on any atom is -0.369 e. The Balaban J connectivity index is 1.72. The summed E-state index contributed by atoms with van der Waals surface area (Å²) in [6.45, 7) is 9.80. The summed E-state index contributed by atoms with van der Waals surface area (Å²) in [5.41, 5.74) is 3.56. The summed E-state index contributed by atoms with van der Waals surface area (Å²) in [4.78, 5) is 2.38. The number of benzene rings is 2. The van der Waals surface area contributed by atoms with Crippen LogP contribution in [0.15, 0.2) is 52.3 Å².